The molecule has 174 valence electrons. The third-order valence-electron chi connectivity index (χ3n) is 6.10. The van der Waals surface area contributed by atoms with Crippen LogP contribution in [0.3, 0.4) is 0 Å². The van der Waals surface area contributed by atoms with Crippen molar-refractivity contribution in [1.29, 1.82) is 5.26 Å². The topological polar surface area (TPSA) is 131 Å². The predicted molar refractivity (Wildman–Crippen MR) is 125 cm³/mol. The molecule has 1 aromatic carbocycles. The van der Waals surface area contributed by atoms with Gasteiger partial charge in [0.2, 0.25) is 5.91 Å². The van der Waals surface area contributed by atoms with Gasteiger partial charge in [-0.1, -0.05) is 0 Å². The second-order valence-corrected chi connectivity index (χ2v) is 8.51. The Labute approximate surface area is 195 Å². The maximum atomic E-state index is 12.9. The van der Waals surface area contributed by atoms with Gasteiger partial charge in [-0.3, -0.25) is 14.5 Å². The van der Waals surface area contributed by atoms with Crippen LogP contribution < -0.4 is 5.32 Å². The third-order valence-corrected chi connectivity index (χ3v) is 6.10. The molecule has 1 fully saturated rings. The SMILES string of the molecule is CC1C[C@H](n2c(CC(=O)Nc3ccn(CCO)n3)nc3cnc4ccc(C#N)cc4c32)CCO1. The van der Waals surface area contributed by atoms with Gasteiger partial charge in [0.05, 0.1) is 54.5 Å². The number of aliphatic hydroxyl groups is 1. The number of hydrogen-bond acceptors (Lipinski definition) is 7. The molecule has 0 spiro atoms. The van der Waals surface area contributed by atoms with Crippen LogP contribution >= 0.6 is 0 Å². The van der Waals surface area contributed by atoms with E-state index in [1.54, 1.807) is 29.2 Å². The minimum Gasteiger partial charge on any atom is -0.394 e. The van der Waals surface area contributed by atoms with Crippen LogP contribution in [0.25, 0.3) is 21.9 Å². The second-order valence-electron chi connectivity index (χ2n) is 8.51. The van der Waals surface area contributed by atoms with Crippen molar-refractivity contribution >= 4 is 33.7 Å². The van der Waals surface area contributed by atoms with E-state index in [0.717, 1.165) is 29.3 Å². The summed E-state index contributed by atoms with van der Waals surface area (Å²) in [7, 11) is 0. The van der Waals surface area contributed by atoms with E-state index in [2.05, 4.69) is 26.0 Å². The van der Waals surface area contributed by atoms with Gasteiger partial charge in [-0.05, 0) is 38.0 Å². The minimum absolute atomic E-state index is 0.0296. The zero-order valence-electron chi connectivity index (χ0n) is 18.8. The fourth-order valence-electron chi connectivity index (χ4n) is 4.61. The van der Waals surface area contributed by atoms with Gasteiger partial charge in [0.25, 0.3) is 0 Å². The van der Waals surface area contributed by atoms with Crippen LogP contribution in [0.4, 0.5) is 5.82 Å². The normalized spacial score (nSPS) is 18.3. The Bertz CT molecular complexity index is 1400. The zero-order chi connectivity index (χ0) is 23.7. The van der Waals surface area contributed by atoms with E-state index < -0.39 is 0 Å². The van der Waals surface area contributed by atoms with Gasteiger partial charge in [0, 0.05) is 30.3 Å². The molecule has 0 bridgehead atoms. The molecule has 0 radical (unpaired) electrons. The lowest BCUT2D eigenvalue weighted by molar-refractivity contribution is -0.115. The molecule has 1 aliphatic rings. The van der Waals surface area contributed by atoms with Crippen LogP contribution in [-0.2, 0) is 22.5 Å². The number of nitrogens with zero attached hydrogens (tertiary/aromatic N) is 6. The van der Waals surface area contributed by atoms with E-state index in [-0.39, 0.29) is 31.1 Å². The Morgan fingerprint density at radius 3 is 3.03 bits per heavy atom. The number of carbonyl (C=O) groups excluding carboxylic acids is 1. The predicted octanol–water partition coefficient (Wildman–Crippen LogP) is 2.57. The van der Waals surface area contributed by atoms with E-state index in [1.165, 1.54) is 0 Å². The number of rotatable bonds is 6. The number of nitrogens with one attached hydrogen (secondary N) is 1. The Balaban J connectivity index is 1.56. The number of nitriles is 1. The number of fused-ring (bicyclic) bond motifs is 3. The van der Waals surface area contributed by atoms with Gasteiger partial charge in [-0.2, -0.15) is 10.4 Å². The monoisotopic (exact) mass is 459 g/mol. The Kier molecular flexibility index (Phi) is 5.96. The summed E-state index contributed by atoms with van der Waals surface area (Å²) in [6.07, 6.45) is 5.18. The van der Waals surface area contributed by atoms with Crippen molar-refractivity contribution in [3.8, 4) is 6.07 Å². The zero-order valence-corrected chi connectivity index (χ0v) is 18.8. The molecule has 0 aliphatic carbocycles. The molecule has 3 aromatic heterocycles. The summed E-state index contributed by atoms with van der Waals surface area (Å²) in [4.78, 5) is 22.3. The summed E-state index contributed by atoms with van der Waals surface area (Å²) in [5, 5.41) is 26.4. The molecule has 1 saturated heterocycles. The summed E-state index contributed by atoms with van der Waals surface area (Å²) in [5.74, 6) is 0.825. The number of carbonyl (C=O) groups is 1. The van der Waals surface area contributed by atoms with Crippen LogP contribution in [0, 0.1) is 11.3 Å². The number of hydrogen-bond donors (Lipinski definition) is 2. The molecule has 10 nitrogen and oxygen atoms in total. The molecule has 4 heterocycles. The van der Waals surface area contributed by atoms with Crippen LogP contribution in [0.1, 0.15) is 37.2 Å². The molecule has 1 unspecified atom stereocenters. The van der Waals surface area contributed by atoms with Crippen molar-refractivity contribution in [2.45, 2.75) is 44.9 Å². The summed E-state index contributed by atoms with van der Waals surface area (Å²) in [6.45, 7) is 3.01. The number of ether oxygens (including phenoxy) is 1. The Hall–Kier alpha value is -3.81. The Morgan fingerprint density at radius 2 is 2.24 bits per heavy atom. The van der Waals surface area contributed by atoms with E-state index in [4.69, 9.17) is 14.8 Å². The van der Waals surface area contributed by atoms with Gasteiger partial charge in [-0.15, -0.1) is 0 Å². The minimum atomic E-state index is -0.235. The van der Waals surface area contributed by atoms with Crippen LogP contribution in [0.5, 0.6) is 0 Å². The molecular weight excluding hydrogens is 434 g/mol. The van der Waals surface area contributed by atoms with Gasteiger partial charge in [-0.25, -0.2) is 4.98 Å². The number of aliphatic hydroxyl groups excluding tert-OH is 1. The van der Waals surface area contributed by atoms with Gasteiger partial charge in [0.15, 0.2) is 5.82 Å². The number of anilines is 1. The maximum Gasteiger partial charge on any atom is 0.233 e. The largest absolute Gasteiger partial charge is 0.394 e. The van der Waals surface area contributed by atoms with E-state index in [1.807, 2.05) is 19.1 Å². The van der Waals surface area contributed by atoms with Gasteiger partial charge >= 0.3 is 0 Å². The lowest BCUT2D eigenvalue weighted by atomic mass is 10.0. The molecule has 2 atom stereocenters. The number of amides is 1. The van der Waals surface area contributed by atoms with Crippen molar-refractivity contribution in [2.75, 3.05) is 18.5 Å². The molecule has 34 heavy (non-hydrogen) atoms. The average Bonchev–Trinajstić information content (AvgIpc) is 3.42. The highest BCUT2D eigenvalue weighted by Gasteiger charge is 2.27. The van der Waals surface area contributed by atoms with Crippen molar-refractivity contribution in [3.05, 3.63) is 48.0 Å². The van der Waals surface area contributed by atoms with Crippen molar-refractivity contribution in [1.82, 2.24) is 24.3 Å². The van der Waals surface area contributed by atoms with Crippen molar-refractivity contribution < 1.29 is 14.6 Å². The van der Waals surface area contributed by atoms with E-state index in [9.17, 15) is 10.1 Å². The van der Waals surface area contributed by atoms with E-state index in [0.29, 0.717) is 35.9 Å². The summed E-state index contributed by atoms with van der Waals surface area (Å²) in [5.41, 5.74) is 2.90. The fraction of sp³-hybridized carbons (Fsp3) is 0.375. The van der Waals surface area contributed by atoms with Crippen molar-refractivity contribution in [2.24, 2.45) is 0 Å². The van der Waals surface area contributed by atoms with Crippen LogP contribution in [0.2, 0.25) is 0 Å². The van der Waals surface area contributed by atoms with Crippen LogP contribution in [-0.4, -0.2) is 54.6 Å². The first-order valence-corrected chi connectivity index (χ1v) is 11.3. The molecule has 4 aromatic rings. The second kappa shape index (κ2) is 9.21. The molecule has 1 aliphatic heterocycles. The quantitative estimate of drug-likeness (QED) is 0.453. The molecule has 5 rings (SSSR count). The maximum absolute atomic E-state index is 12.9. The highest BCUT2D eigenvalue weighted by molar-refractivity contribution is 6.03. The first-order valence-electron chi connectivity index (χ1n) is 11.3. The van der Waals surface area contributed by atoms with Gasteiger partial charge < -0.3 is 19.7 Å². The van der Waals surface area contributed by atoms with Gasteiger partial charge in [0.1, 0.15) is 11.3 Å². The standard InChI is InChI=1S/C24H25N7O3/c1-15-10-17(5-9-34-15)31-22(12-23(33)28-21-4-6-30(29-21)7-8-32)27-20-14-26-19-3-2-16(13-25)11-18(19)24(20)31/h2-4,6,11,14-15,17,32H,5,7-10,12H2,1H3,(H,28,29,33)/t15?,17-/m1/s1. The molecular formula is C24H25N7O3. The molecule has 10 heteroatoms. The van der Waals surface area contributed by atoms with Crippen molar-refractivity contribution in [3.63, 3.8) is 0 Å². The smallest absolute Gasteiger partial charge is 0.233 e. The first-order chi connectivity index (χ1) is 16.6. The Morgan fingerprint density at radius 1 is 1.35 bits per heavy atom. The van der Waals surface area contributed by atoms with E-state index >= 15 is 0 Å². The summed E-state index contributed by atoms with van der Waals surface area (Å²) < 4.78 is 9.48. The lowest BCUT2D eigenvalue weighted by Crippen LogP contribution is -2.27. The fourth-order valence-corrected chi connectivity index (χ4v) is 4.61. The first kappa shape index (κ1) is 22.0. The summed E-state index contributed by atoms with van der Waals surface area (Å²) >= 11 is 0. The highest BCUT2D eigenvalue weighted by Crippen LogP contribution is 2.34. The highest BCUT2D eigenvalue weighted by atomic mass is 16.5. The lowest BCUT2D eigenvalue weighted by Gasteiger charge is -2.30. The summed E-state index contributed by atoms with van der Waals surface area (Å²) in [6, 6.07) is 9.43. The average molecular weight is 460 g/mol. The van der Waals surface area contributed by atoms with Crippen LogP contribution in [0.15, 0.2) is 36.7 Å². The number of pyridine rings is 1. The number of aromatic nitrogens is 5. The third kappa shape index (κ3) is 4.23. The number of imidazole rings is 1. The molecule has 1 amide bonds. The molecule has 0 saturated carbocycles. The molecule has 2 N–H and O–H groups in total. The number of benzene rings is 1.